The van der Waals surface area contributed by atoms with Crippen LogP contribution in [0.3, 0.4) is 0 Å². The van der Waals surface area contributed by atoms with E-state index in [4.69, 9.17) is 10.2 Å². The first-order valence-electron chi connectivity index (χ1n) is 4.08. The van der Waals surface area contributed by atoms with Crippen molar-refractivity contribution in [3.8, 4) is 0 Å². The first kappa shape index (κ1) is 10.6. The lowest BCUT2D eigenvalue weighted by Crippen LogP contribution is -1.99. The van der Waals surface area contributed by atoms with Gasteiger partial charge in [-0.2, -0.15) is 0 Å². The van der Waals surface area contributed by atoms with Gasteiger partial charge in [-0.05, 0) is 24.1 Å². The highest BCUT2D eigenvalue weighted by molar-refractivity contribution is 5.46. The first-order valence-corrected chi connectivity index (χ1v) is 4.08. The highest BCUT2D eigenvalue weighted by Crippen LogP contribution is 2.23. The van der Waals surface area contributed by atoms with Crippen molar-refractivity contribution >= 4 is 5.69 Å². The highest BCUT2D eigenvalue weighted by Gasteiger charge is 2.14. The SMILES string of the molecule is Cc1cc(CO)c(CO)cc1[N+](=O)[O-]. The number of benzene rings is 1. The van der Waals surface area contributed by atoms with E-state index in [9.17, 15) is 10.1 Å². The maximum absolute atomic E-state index is 10.6. The van der Waals surface area contributed by atoms with E-state index in [2.05, 4.69) is 0 Å². The number of aliphatic hydroxyl groups is 2. The summed E-state index contributed by atoms with van der Waals surface area (Å²) in [5.74, 6) is 0. The van der Waals surface area contributed by atoms with Crippen molar-refractivity contribution in [1.82, 2.24) is 0 Å². The van der Waals surface area contributed by atoms with Gasteiger partial charge in [0.15, 0.2) is 0 Å². The van der Waals surface area contributed by atoms with Gasteiger partial charge in [0.2, 0.25) is 0 Å². The summed E-state index contributed by atoms with van der Waals surface area (Å²) in [7, 11) is 0. The lowest BCUT2D eigenvalue weighted by Gasteiger charge is -2.06. The van der Waals surface area contributed by atoms with Gasteiger partial charge in [-0.3, -0.25) is 10.1 Å². The molecule has 0 aromatic heterocycles. The molecule has 0 radical (unpaired) electrons. The van der Waals surface area contributed by atoms with E-state index in [0.717, 1.165) is 0 Å². The van der Waals surface area contributed by atoms with Crippen LogP contribution in [-0.4, -0.2) is 15.1 Å². The second-order valence-corrected chi connectivity index (χ2v) is 2.98. The van der Waals surface area contributed by atoms with E-state index in [1.54, 1.807) is 6.92 Å². The van der Waals surface area contributed by atoms with Gasteiger partial charge in [-0.1, -0.05) is 0 Å². The summed E-state index contributed by atoms with van der Waals surface area (Å²) in [4.78, 5) is 10.0. The lowest BCUT2D eigenvalue weighted by atomic mass is 10.0. The predicted octanol–water partition coefficient (Wildman–Crippen LogP) is 0.888. The topological polar surface area (TPSA) is 83.6 Å². The second kappa shape index (κ2) is 4.17. The molecule has 2 N–H and O–H groups in total. The van der Waals surface area contributed by atoms with Crippen LogP contribution in [0.1, 0.15) is 16.7 Å². The Morgan fingerprint density at radius 3 is 2.21 bits per heavy atom. The van der Waals surface area contributed by atoms with Crippen LogP contribution in [0.15, 0.2) is 12.1 Å². The Balaban J connectivity index is 3.30. The Labute approximate surface area is 80.8 Å². The van der Waals surface area contributed by atoms with Crippen LogP contribution in [-0.2, 0) is 13.2 Å². The number of nitro groups is 1. The minimum atomic E-state index is -0.504. The predicted molar refractivity (Wildman–Crippen MR) is 49.7 cm³/mol. The molecule has 0 heterocycles. The van der Waals surface area contributed by atoms with Crippen LogP contribution < -0.4 is 0 Å². The fraction of sp³-hybridized carbons (Fsp3) is 0.333. The number of rotatable bonds is 3. The molecule has 0 spiro atoms. The van der Waals surface area contributed by atoms with E-state index in [-0.39, 0.29) is 18.9 Å². The maximum Gasteiger partial charge on any atom is 0.272 e. The molecular formula is C9H11NO4. The molecule has 14 heavy (non-hydrogen) atoms. The van der Waals surface area contributed by atoms with Crippen LogP contribution in [0.25, 0.3) is 0 Å². The zero-order valence-corrected chi connectivity index (χ0v) is 7.73. The van der Waals surface area contributed by atoms with Crippen LogP contribution >= 0.6 is 0 Å². The largest absolute Gasteiger partial charge is 0.392 e. The van der Waals surface area contributed by atoms with E-state index in [0.29, 0.717) is 16.7 Å². The number of hydrogen-bond donors (Lipinski definition) is 2. The quantitative estimate of drug-likeness (QED) is 0.556. The molecule has 5 heteroatoms. The Morgan fingerprint density at radius 1 is 1.29 bits per heavy atom. The molecule has 1 aromatic carbocycles. The Bertz CT molecular complexity index is 362. The van der Waals surface area contributed by atoms with Crippen molar-refractivity contribution in [2.75, 3.05) is 0 Å². The number of nitrogens with zero attached hydrogens (tertiary/aromatic N) is 1. The summed E-state index contributed by atoms with van der Waals surface area (Å²) in [6.45, 7) is 1.06. The number of aryl methyl sites for hydroxylation is 1. The number of aliphatic hydroxyl groups excluding tert-OH is 2. The van der Waals surface area contributed by atoms with Crippen molar-refractivity contribution < 1.29 is 15.1 Å². The molecule has 0 saturated carbocycles. The van der Waals surface area contributed by atoms with Crippen LogP contribution in [0.2, 0.25) is 0 Å². The molecule has 76 valence electrons. The van der Waals surface area contributed by atoms with Crippen LogP contribution in [0.5, 0.6) is 0 Å². The van der Waals surface area contributed by atoms with E-state index >= 15 is 0 Å². The normalized spacial score (nSPS) is 10.2. The summed E-state index contributed by atoms with van der Waals surface area (Å²) >= 11 is 0. The van der Waals surface area contributed by atoms with Gasteiger partial charge >= 0.3 is 0 Å². The van der Waals surface area contributed by atoms with Crippen molar-refractivity contribution in [2.24, 2.45) is 0 Å². The van der Waals surface area contributed by atoms with Gasteiger partial charge in [0.1, 0.15) is 0 Å². The first-order chi connectivity index (χ1) is 6.60. The minimum absolute atomic E-state index is 0.0359. The molecule has 0 fully saturated rings. The fourth-order valence-electron chi connectivity index (χ4n) is 1.29. The molecular weight excluding hydrogens is 186 g/mol. The van der Waals surface area contributed by atoms with E-state index < -0.39 is 4.92 Å². The summed E-state index contributed by atoms with van der Waals surface area (Å²) < 4.78 is 0. The standard InChI is InChI=1S/C9H11NO4/c1-6-2-7(4-11)8(5-12)3-9(6)10(13)14/h2-3,11-12H,4-5H2,1H3. The summed E-state index contributed by atoms with van der Waals surface area (Å²) in [5, 5.41) is 28.4. The van der Waals surface area contributed by atoms with Gasteiger partial charge in [0.25, 0.3) is 5.69 Å². The monoisotopic (exact) mass is 197 g/mol. The van der Waals surface area contributed by atoms with Crippen LogP contribution in [0.4, 0.5) is 5.69 Å². The molecule has 0 aliphatic heterocycles. The molecule has 1 rings (SSSR count). The fourth-order valence-corrected chi connectivity index (χ4v) is 1.29. The Hall–Kier alpha value is -1.46. The minimum Gasteiger partial charge on any atom is -0.392 e. The third-order valence-corrected chi connectivity index (χ3v) is 2.06. The number of hydrogen-bond acceptors (Lipinski definition) is 4. The smallest absolute Gasteiger partial charge is 0.272 e. The highest BCUT2D eigenvalue weighted by atomic mass is 16.6. The molecule has 0 aliphatic carbocycles. The summed E-state index contributed by atoms with van der Waals surface area (Å²) in [5.41, 5.74) is 1.36. The van der Waals surface area contributed by atoms with Gasteiger partial charge in [-0.25, -0.2) is 0 Å². The molecule has 0 atom stereocenters. The van der Waals surface area contributed by atoms with E-state index in [1.807, 2.05) is 0 Å². The lowest BCUT2D eigenvalue weighted by molar-refractivity contribution is -0.385. The third-order valence-electron chi connectivity index (χ3n) is 2.06. The van der Waals surface area contributed by atoms with Gasteiger partial charge in [0, 0.05) is 11.6 Å². The van der Waals surface area contributed by atoms with Crippen molar-refractivity contribution in [1.29, 1.82) is 0 Å². The van der Waals surface area contributed by atoms with Crippen molar-refractivity contribution in [3.05, 3.63) is 38.9 Å². The van der Waals surface area contributed by atoms with Gasteiger partial charge < -0.3 is 10.2 Å². The van der Waals surface area contributed by atoms with Gasteiger partial charge in [0.05, 0.1) is 18.1 Å². The molecule has 0 aliphatic rings. The summed E-state index contributed by atoms with van der Waals surface area (Å²) in [6.07, 6.45) is 0. The molecule has 1 aromatic rings. The number of nitro benzene ring substituents is 1. The van der Waals surface area contributed by atoms with Gasteiger partial charge in [-0.15, -0.1) is 0 Å². The van der Waals surface area contributed by atoms with Crippen molar-refractivity contribution in [2.45, 2.75) is 20.1 Å². The average Bonchev–Trinajstić information content (AvgIpc) is 2.16. The summed E-state index contributed by atoms with van der Waals surface area (Å²) in [6, 6.07) is 2.81. The van der Waals surface area contributed by atoms with Crippen molar-refractivity contribution in [3.63, 3.8) is 0 Å². The zero-order valence-electron chi connectivity index (χ0n) is 7.73. The molecule has 5 nitrogen and oxygen atoms in total. The average molecular weight is 197 g/mol. The molecule has 0 unspecified atom stereocenters. The van der Waals surface area contributed by atoms with Crippen LogP contribution in [0, 0.1) is 17.0 Å². The zero-order chi connectivity index (χ0) is 10.7. The molecule has 0 saturated heterocycles. The Morgan fingerprint density at radius 2 is 1.79 bits per heavy atom. The molecule has 0 amide bonds. The molecule has 0 bridgehead atoms. The Kier molecular flexibility index (Phi) is 3.16. The third kappa shape index (κ3) is 1.89. The second-order valence-electron chi connectivity index (χ2n) is 2.98. The maximum atomic E-state index is 10.6. The van der Waals surface area contributed by atoms with E-state index in [1.165, 1.54) is 12.1 Å².